The topological polar surface area (TPSA) is 212 Å². The van der Waals surface area contributed by atoms with Gasteiger partial charge in [0.2, 0.25) is 0 Å². The Bertz CT molecular complexity index is 2890. The number of phenolic OH excluding ortho intramolecular Hbond substituents is 2. The lowest BCUT2D eigenvalue weighted by Gasteiger charge is -2.15. The number of phenols is 2. The number of fused-ring (bicyclic) bond motifs is 2. The Morgan fingerprint density at radius 1 is 0.593 bits per heavy atom. The second-order valence-corrected chi connectivity index (χ2v) is 13.8. The molecule has 8 rings (SSSR count). The number of rotatable bonds is 10. The first-order valence-corrected chi connectivity index (χ1v) is 18.6. The maximum Gasteiger partial charge on any atom is 0.259 e. The van der Waals surface area contributed by atoms with Crippen LogP contribution in [0.15, 0.2) is 178 Å². The zero-order valence-electron chi connectivity index (χ0n) is 31.4. The molecular weight excluding hydrogens is 743 g/mol. The summed E-state index contributed by atoms with van der Waals surface area (Å²) >= 11 is 0. The van der Waals surface area contributed by atoms with Gasteiger partial charge in [-0.05, 0) is 96.1 Å². The summed E-state index contributed by atoms with van der Waals surface area (Å²) in [5, 5.41) is 51.9. The molecule has 13 heteroatoms. The fraction of sp³-hybridized carbons (Fsp3) is 0.0435. The van der Waals surface area contributed by atoms with Crippen LogP contribution in [-0.2, 0) is 0 Å². The number of aromatic hydroxyl groups is 2. The van der Waals surface area contributed by atoms with E-state index in [9.17, 15) is 19.8 Å². The standard InChI is InChI=1S/C46H37N9O4/c47-29-9-5-11-35(25-29)50-45(58)39-23-27-7-1-3-13-37(27)41(43(39)56)54-52-33-19-15-31(16-20-33)49-32-17-21-34(22-18-32)53-55-42-38-14-4-2-8-28(38)24-40(44(42)57)46(59)51-36-12-6-10-30(48)26-36/h1-21,23-26,34,49,56-57H,22,47-48H2,(H,50,58)(H,51,59). The summed E-state index contributed by atoms with van der Waals surface area (Å²) in [6, 6.07) is 38.5. The van der Waals surface area contributed by atoms with E-state index in [2.05, 4.69) is 36.4 Å². The third kappa shape index (κ3) is 8.44. The van der Waals surface area contributed by atoms with Crippen LogP contribution in [0.1, 0.15) is 27.1 Å². The lowest BCUT2D eigenvalue weighted by Crippen LogP contribution is -2.12. The molecule has 7 aromatic carbocycles. The smallest absolute Gasteiger partial charge is 0.259 e. The Hall–Kier alpha value is -8.32. The highest BCUT2D eigenvalue weighted by Crippen LogP contribution is 2.41. The molecule has 0 saturated heterocycles. The Balaban J connectivity index is 0.938. The van der Waals surface area contributed by atoms with Crippen LogP contribution in [0.4, 0.5) is 45.5 Å². The number of carbonyl (C=O) groups is 2. The zero-order valence-corrected chi connectivity index (χ0v) is 31.4. The van der Waals surface area contributed by atoms with Crippen LogP contribution in [0.2, 0.25) is 0 Å². The Labute approximate surface area is 338 Å². The SMILES string of the molecule is Nc1cccc(NC(=O)c2cc3ccccc3c(N=Nc3ccc(NC4=CCC(N=Nc5c(O)c(C(=O)Nc6cccc(N)c6)cc6ccccc56)C=C4)cc3)c2O)c1. The number of azo groups is 2. The van der Waals surface area contributed by atoms with Crippen LogP contribution >= 0.6 is 0 Å². The van der Waals surface area contributed by atoms with Crippen molar-refractivity contribution in [3.05, 3.63) is 169 Å². The average Bonchev–Trinajstić information content (AvgIpc) is 3.23. The van der Waals surface area contributed by atoms with E-state index < -0.39 is 11.8 Å². The van der Waals surface area contributed by atoms with Crippen molar-refractivity contribution in [2.75, 3.05) is 27.4 Å². The fourth-order valence-electron chi connectivity index (χ4n) is 6.62. The summed E-state index contributed by atoms with van der Waals surface area (Å²) in [6.45, 7) is 0. The van der Waals surface area contributed by atoms with Gasteiger partial charge in [0.25, 0.3) is 11.8 Å². The molecule has 0 radical (unpaired) electrons. The number of carbonyl (C=O) groups excluding carboxylic acids is 2. The van der Waals surface area contributed by atoms with Gasteiger partial charge in [-0.2, -0.15) is 15.3 Å². The molecule has 1 aliphatic rings. The van der Waals surface area contributed by atoms with Crippen LogP contribution in [0.5, 0.6) is 11.5 Å². The minimum atomic E-state index is -0.513. The number of nitrogen functional groups attached to an aromatic ring is 2. The molecule has 2 amide bonds. The fourth-order valence-corrected chi connectivity index (χ4v) is 6.62. The molecule has 0 aromatic heterocycles. The third-order valence-electron chi connectivity index (χ3n) is 9.57. The number of nitrogens with two attached hydrogens (primary N) is 2. The van der Waals surface area contributed by atoms with Gasteiger partial charge in [0.1, 0.15) is 11.4 Å². The van der Waals surface area contributed by atoms with Gasteiger partial charge in [0, 0.05) is 44.9 Å². The minimum Gasteiger partial charge on any atom is -0.505 e. The maximum absolute atomic E-state index is 13.2. The molecule has 59 heavy (non-hydrogen) atoms. The Morgan fingerprint density at radius 3 is 1.66 bits per heavy atom. The molecule has 0 saturated carbocycles. The van der Waals surface area contributed by atoms with Crippen LogP contribution < -0.4 is 27.4 Å². The number of nitrogens with zero attached hydrogens (tertiary/aromatic N) is 4. The molecular formula is C46H37N9O4. The van der Waals surface area contributed by atoms with Crippen molar-refractivity contribution in [1.82, 2.24) is 0 Å². The Morgan fingerprint density at radius 2 is 1.14 bits per heavy atom. The van der Waals surface area contributed by atoms with E-state index in [-0.39, 0.29) is 40.0 Å². The van der Waals surface area contributed by atoms with Gasteiger partial charge in [-0.25, -0.2) is 0 Å². The molecule has 1 aliphatic carbocycles. The van der Waals surface area contributed by atoms with Gasteiger partial charge in [-0.1, -0.05) is 72.8 Å². The number of amides is 2. The van der Waals surface area contributed by atoms with E-state index in [1.165, 1.54) is 0 Å². The molecule has 0 fully saturated rings. The monoisotopic (exact) mass is 779 g/mol. The number of nitrogens with one attached hydrogen (secondary N) is 3. The maximum atomic E-state index is 13.2. The Kier molecular flexibility index (Phi) is 10.5. The predicted octanol–water partition coefficient (Wildman–Crippen LogP) is 10.9. The molecule has 0 bridgehead atoms. The lowest BCUT2D eigenvalue weighted by atomic mass is 10.0. The van der Waals surface area contributed by atoms with E-state index >= 15 is 0 Å². The van der Waals surface area contributed by atoms with Crippen LogP contribution in [0.25, 0.3) is 21.5 Å². The first-order chi connectivity index (χ1) is 28.7. The normalized spacial score (nSPS) is 13.8. The van der Waals surface area contributed by atoms with E-state index in [4.69, 9.17) is 11.5 Å². The molecule has 1 unspecified atom stereocenters. The number of hydrogen-bond donors (Lipinski definition) is 7. The molecule has 290 valence electrons. The van der Waals surface area contributed by atoms with Crippen molar-refractivity contribution in [3.63, 3.8) is 0 Å². The quantitative estimate of drug-likeness (QED) is 0.0526. The zero-order chi connectivity index (χ0) is 40.9. The first-order valence-electron chi connectivity index (χ1n) is 18.6. The number of hydrogen-bond acceptors (Lipinski definition) is 11. The van der Waals surface area contributed by atoms with Gasteiger partial charge in [-0.15, -0.1) is 5.11 Å². The molecule has 13 nitrogen and oxygen atoms in total. The van der Waals surface area contributed by atoms with Crippen molar-refractivity contribution in [2.45, 2.75) is 12.5 Å². The van der Waals surface area contributed by atoms with E-state index in [0.29, 0.717) is 51.0 Å². The van der Waals surface area contributed by atoms with E-state index in [0.717, 1.165) is 16.8 Å². The van der Waals surface area contributed by atoms with Gasteiger partial charge < -0.3 is 37.6 Å². The van der Waals surface area contributed by atoms with Gasteiger partial charge >= 0.3 is 0 Å². The third-order valence-corrected chi connectivity index (χ3v) is 9.57. The highest BCUT2D eigenvalue weighted by Gasteiger charge is 2.21. The molecule has 0 spiro atoms. The number of allylic oxidation sites excluding steroid dienone is 1. The second-order valence-electron chi connectivity index (χ2n) is 13.8. The highest BCUT2D eigenvalue weighted by molar-refractivity contribution is 6.13. The summed E-state index contributed by atoms with van der Waals surface area (Å²) in [6.07, 6.45) is 6.34. The summed E-state index contributed by atoms with van der Waals surface area (Å²) < 4.78 is 0. The molecule has 7 aromatic rings. The predicted molar refractivity (Wildman–Crippen MR) is 233 cm³/mol. The average molecular weight is 780 g/mol. The van der Waals surface area contributed by atoms with Gasteiger partial charge in [-0.3, -0.25) is 9.59 Å². The minimum absolute atomic E-state index is 0.0492. The van der Waals surface area contributed by atoms with Crippen molar-refractivity contribution in [2.24, 2.45) is 20.5 Å². The summed E-state index contributed by atoms with van der Waals surface area (Å²) in [7, 11) is 0. The molecule has 0 heterocycles. The number of benzene rings is 7. The largest absolute Gasteiger partial charge is 0.505 e. The van der Waals surface area contributed by atoms with Gasteiger partial charge in [0.05, 0.1) is 22.9 Å². The van der Waals surface area contributed by atoms with Crippen molar-refractivity contribution in [1.29, 1.82) is 0 Å². The number of anilines is 5. The van der Waals surface area contributed by atoms with Crippen molar-refractivity contribution in [3.8, 4) is 11.5 Å². The van der Waals surface area contributed by atoms with E-state index in [1.807, 2.05) is 78.9 Å². The van der Waals surface area contributed by atoms with Crippen LogP contribution in [0.3, 0.4) is 0 Å². The first kappa shape index (κ1) is 37.6. The van der Waals surface area contributed by atoms with Crippen LogP contribution in [0, 0.1) is 0 Å². The summed E-state index contributed by atoms with van der Waals surface area (Å²) in [5.41, 5.74) is 16.4. The summed E-state index contributed by atoms with van der Waals surface area (Å²) in [5.74, 6) is -1.58. The second kappa shape index (κ2) is 16.4. The van der Waals surface area contributed by atoms with Gasteiger partial charge in [0.15, 0.2) is 11.5 Å². The highest BCUT2D eigenvalue weighted by atomic mass is 16.3. The van der Waals surface area contributed by atoms with Crippen molar-refractivity contribution >= 4 is 78.9 Å². The molecule has 1 atom stereocenters. The summed E-state index contributed by atoms with van der Waals surface area (Å²) in [4.78, 5) is 26.5. The van der Waals surface area contributed by atoms with E-state index in [1.54, 1.807) is 72.8 Å². The van der Waals surface area contributed by atoms with Crippen LogP contribution in [-0.4, -0.2) is 28.1 Å². The molecule has 9 N–H and O–H groups in total. The lowest BCUT2D eigenvalue weighted by molar-refractivity contribution is 0.101. The van der Waals surface area contributed by atoms with Crippen molar-refractivity contribution < 1.29 is 19.8 Å². The molecule has 0 aliphatic heterocycles.